The minimum absolute atomic E-state index is 0.586. The fraction of sp³-hybridized carbons (Fsp3) is 1.00. The van der Waals surface area contributed by atoms with Gasteiger partial charge < -0.3 is 5.32 Å². The van der Waals surface area contributed by atoms with E-state index in [0.29, 0.717) is 5.41 Å². The van der Waals surface area contributed by atoms with Crippen LogP contribution in [-0.4, -0.2) is 36.1 Å². The molecule has 0 radical (unpaired) electrons. The van der Waals surface area contributed by atoms with Crippen LogP contribution in [-0.2, 0) is 0 Å². The summed E-state index contributed by atoms with van der Waals surface area (Å²) < 4.78 is 0. The van der Waals surface area contributed by atoms with Crippen molar-refractivity contribution in [3.63, 3.8) is 0 Å². The molecule has 104 valence electrons. The highest BCUT2D eigenvalue weighted by Gasteiger charge is 2.45. The SMILES string of the molecule is CNC1CC2CCC(C1)N2C1CCCC(C)(C)C1. The fourth-order valence-electron chi connectivity index (χ4n) is 4.96. The number of rotatable bonds is 2. The molecule has 2 nitrogen and oxygen atoms in total. The molecule has 18 heavy (non-hydrogen) atoms. The predicted molar refractivity (Wildman–Crippen MR) is 76.8 cm³/mol. The maximum Gasteiger partial charge on any atom is 0.0116 e. The highest BCUT2D eigenvalue weighted by Crippen LogP contribution is 2.44. The second kappa shape index (κ2) is 4.79. The summed E-state index contributed by atoms with van der Waals surface area (Å²) in [5, 5.41) is 3.52. The lowest BCUT2D eigenvalue weighted by Gasteiger charge is -2.48. The lowest BCUT2D eigenvalue weighted by Crippen LogP contribution is -2.54. The van der Waals surface area contributed by atoms with Crippen molar-refractivity contribution in [2.24, 2.45) is 5.41 Å². The molecule has 0 aromatic carbocycles. The molecule has 0 aromatic rings. The standard InChI is InChI=1S/C16H30N2/c1-16(2)8-4-5-15(11-16)18-13-6-7-14(18)10-12(9-13)17-3/h12-15,17H,4-11H2,1-3H3. The highest BCUT2D eigenvalue weighted by molar-refractivity contribution is 5.01. The van der Waals surface area contributed by atoms with Crippen LogP contribution in [0.3, 0.4) is 0 Å². The average Bonchev–Trinajstić information content (AvgIpc) is 2.59. The number of hydrogen-bond acceptors (Lipinski definition) is 2. The average molecular weight is 250 g/mol. The Morgan fingerprint density at radius 3 is 2.22 bits per heavy atom. The summed E-state index contributed by atoms with van der Waals surface area (Å²) in [5.74, 6) is 0. The van der Waals surface area contributed by atoms with E-state index in [4.69, 9.17) is 0 Å². The van der Waals surface area contributed by atoms with Gasteiger partial charge in [-0.25, -0.2) is 0 Å². The smallest absolute Gasteiger partial charge is 0.0116 e. The van der Waals surface area contributed by atoms with Crippen LogP contribution in [0.2, 0.25) is 0 Å². The van der Waals surface area contributed by atoms with Crippen LogP contribution in [0.1, 0.15) is 65.2 Å². The Morgan fingerprint density at radius 2 is 1.67 bits per heavy atom. The van der Waals surface area contributed by atoms with Gasteiger partial charge in [0.05, 0.1) is 0 Å². The van der Waals surface area contributed by atoms with Crippen molar-refractivity contribution in [3.8, 4) is 0 Å². The molecule has 3 aliphatic rings. The third-order valence-electron chi connectivity index (χ3n) is 5.80. The maximum absolute atomic E-state index is 3.52. The molecule has 2 heterocycles. The van der Waals surface area contributed by atoms with E-state index in [1.807, 2.05) is 0 Å². The van der Waals surface area contributed by atoms with Crippen LogP contribution in [0.25, 0.3) is 0 Å². The normalized spacial score (nSPS) is 44.2. The van der Waals surface area contributed by atoms with Gasteiger partial charge in [0.15, 0.2) is 0 Å². The van der Waals surface area contributed by atoms with Gasteiger partial charge in [-0.15, -0.1) is 0 Å². The molecule has 3 rings (SSSR count). The molecule has 2 heteroatoms. The first-order chi connectivity index (χ1) is 8.59. The Bertz CT molecular complexity index is 285. The zero-order chi connectivity index (χ0) is 12.8. The molecule has 3 atom stereocenters. The van der Waals surface area contributed by atoms with Gasteiger partial charge in [-0.3, -0.25) is 4.90 Å². The Kier molecular flexibility index (Phi) is 3.44. The topological polar surface area (TPSA) is 15.3 Å². The fourth-order valence-corrected chi connectivity index (χ4v) is 4.96. The maximum atomic E-state index is 3.52. The van der Waals surface area contributed by atoms with Gasteiger partial charge in [-0.1, -0.05) is 20.3 Å². The zero-order valence-corrected chi connectivity index (χ0v) is 12.4. The molecule has 3 fully saturated rings. The molecule has 2 aliphatic heterocycles. The Morgan fingerprint density at radius 1 is 1.00 bits per heavy atom. The lowest BCUT2D eigenvalue weighted by atomic mass is 9.74. The van der Waals surface area contributed by atoms with Gasteiger partial charge in [0.2, 0.25) is 0 Å². The molecular formula is C16H30N2. The highest BCUT2D eigenvalue weighted by atomic mass is 15.3. The summed E-state index contributed by atoms with van der Waals surface area (Å²) in [6.45, 7) is 4.95. The van der Waals surface area contributed by atoms with Crippen molar-refractivity contribution in [1.82, 2.24) is 10.2 Å². The van der Waals surface area contributed by atoms with E-state index >= 15 is 0 Å². The number of piperidine rings is 1. The minimum Gasteiger partial charge on any atom is -0.317 e. The van der Waals surface area contributed by atoms with E-state index in [0.717, 1.165) is 24.2 Å². The molecule has 1 N–H and O–H groups in total. The third-order valence-corrected chi connectivity index (χ3v) is 5.80. The molecular weight excluding hydrogens is 220 g/mol. The monoisotopic (exact) mass is 250 g/mol. The Balaban J connectivity index is 1.70. The van der Waals surface area contributed by atoms with Crippen LogP contribution >= 0.6 is 0 Å². The third kappa shape index (κ3) is 2.34. The van der Waals surface area contributed by atoms with Gasteiger partial charge >= 0.3 is 0 Å². The number of hydrogen-bond donors (Lipinski definition) is 1. The Hall–Kier alpha value is -0.0800. The van der Waals surface area contributed by atoms with Crippen molar-refractivity contribution in [2.45, 2.75) is 89.4 Å². The van der Waals surface area contributed by atoms with Crippen LogP contribution in [0.15, 0.2) is 0 Å². The van der Waals surface area contributed by atoms with Crippen LogP contribution in [0.4, 0.5) is 0 Å². The van der Waals surface area contributed by atoms with Crippen LogP contribution < -0.4 is 5.32 Å². The van der Waals surface area contributed by atoms with E-state index in [9.17, 15) is 0 Å². The van der Waals surface area contributed by atoms with Crippen molar-refractivity contribution >= 4 is 0 Å². The zero-order valence-electron chi connectivity index (χ0n) is 12.4. The Labute approximate surface area is 113 Å². The van der Waals surface area contributed by atoms with Crippen LogP contribution in [0, 0.1) is 5.41 Å². The summed E-state index contributed by atoms with van der Waals surface area (Å²) in [6.07, 6.45) is 11.5. The lowest BCUT2D eigenvalue weighted by molar-refractivity contribution is 0.0240. The molecule has 3 unspecified atom stereocenters. The van der Waals surface area contributed by atoms with Gasteiger partial charge in [-0.05, 0) is 57.4 Å². The summed E-state index contributed by atoms with van der Waals surface area (Å²) in [4.78, 5) is 2.95. The first-order valence-corrected chi connectivity index (χ1v) is 8.04. The van der Waals surface area contributed by atoms with Crippen LogP contribution in [0.5, 0.6) is 0 Å². The largest absolute Gasteiger partial charge is 0.317 e. The summed E-state index contributed by atoms with van der Waals surface area (Å²) in [5.41, 5.74) is 0.586. The van der Waals surface area contributed by atoms with Gasteiger partial charge in [0, 0.05) is 24.2 Å². The second-order valence-electron chi connectivity index (χ2n) is 7.70. The molecule has 2 bridgehead atoms. The summed E-state index contributed by atoms with van der Waals surface area (Å²) >= 11 is 0. The second-order valence-corrected chi connectivity index (χ2v) is 7.70. The molecule has 0 amide bonds. The molecule has 0 aromatic heterocycles. The first-order valence-electron chi connectivity index (χ1n) is 8.04. The first kappa shape index (κ1) is 12.9. The number of nitrogens with zero attached hydrogens (tertiary/aromatic N) is 1. The summed E-state index contributed by atoms with van der Waals surface area (Å²) in [6, 6.07) is 3.46. The van der Waals surface area contributed by atoms with Crippen molar-refractivity contribution < 1.29 is 0 Å². The van der Waals surface area contributed by atoms with Crippen molar-refractivity contribution in [1.29, 1.82) is 0 Å². The molecule has 2 saturated heterocycles. The summed E-state index contributed by atoms with van der Waals surface area (Å²) in [7, 11) is 2.14. The van der Waals surface area contributed by atoms with E-state index in [-0.39, 0.29) is 0 Å². The molecule has 0 spiro atoms. The molecule has 1 aliphatic carbocycles. The van der Waals surface area contributed by atoms with Gasteiger partial charge in [0.25, 0.3) is 0 Å². The van der Waals surface area contributed by atoms with Crippen molar-refractivity contribution in [2.75, 3.05) is 7.05 Å². The minimum atomic E-state index is 0.586. The van der Waals surface area contributed by atoms with E-state index in [1.54, 1.807) is 0 Å². The quantitative estimate of drug-likeness (QED) is 0.810. The molecule has 1 saturated carbocycles. The predicted octanol–water partition coefficient (Wildman–Crippen LogP) is 3.17. The van der Waals surface area contributed by atoms with E-state index in [2.05, 4.69) is 31.1 Å². The van der Waals surface area contributed by atoms with Crippen molar-refractivity contribution in [3.05, 3.63) is 0 Å². The number of fused-ring (bicyclic) bond motifs is 2. The number of nitrogens with one attached hydrogen (secondary N) is 1. The van der Waals surface area contributed by atoms with Gasteiger partial charge in [-0.2, -0.15) is 0 Å². The van der Waals surface area contributed by atoms with Gasteiger partial charge in [0.1, 0.15) is 0 Å². The van der Waals surface area contributed by atoms with E-state index in [1.165, 1.54) is 51.4 Å². The van der Waals surface area contributed by atoms with E-state index < -0.39 is 0 Å².